The van der Waals surface area contributed by atoms with Crippen molar-refractivity contribution in [1.82, 2.24) is 0 Å². The minimum Gasteiger partial charge on any atom is -0.489 e. The highest BCUT2D eigenvalue weighted by Gasteiger charge is 2.17. The summed E-state index contributed by atoms with van der Waals surface area (Å²) in [6.45, 7) is 6.05. The van der Waals surface area contributed by atoms with Crippen molar-refractivity contribution in [3.05, 3.63) is 36.1 Å². The van der Waals surface area contributed by atoms with Crippen LogP contribution in [0, 0.1) is 0 Å². The molecule has 3 heteroatoms. The number of hydrogen-bond donors (Lipinski definition) is 1. The van der Waals surface area contributed by atoms with Crippen LogP contribution in [0.5, 0.6) is 0 Å². The lowest BCUT2D eigenvalue weighted by molar-refractivity contribution is -0.114. The van der Waals surface area contributed by atoms with Crippen LogP contribution in [0.1, 0.15) is 26.2 Å². The number of ketones is 1. The van der Waals surface area contributed by atoms with Gasteiger partial charge in [-0.05, 0) is 18.1 Å². The van der Waals surface area contributed by atoms with Crippen LogP contribution in [0.3, 0.4) is 0 Å². The van der Waals surface area contributed by atoms with E-state index in [-0.39, 0.29) is 11.8 Å². The fourth-order valence-corrected chi connectivity index (χ4v) is 1.66. The molecule has 0 fully saturated rings. The van der Waals surface area contributed by atoms with E-state index in [1.807, 2.05) is 6.08 Å². The zero-order valence-corrected chi connectivity index (χ0v) is 9.74. The summed E-state index contributed by atoms with van der Waals surface area (Å²) in [5, 5.41) is 0. The van der Waals surface area contributed by atoms with Gasteiger partial charge >= 0.3 is 0 Å². The highest BCUT2D eigenvalue weighted by atomic mass is 16.5. The molecule has 0 aliphatic heterocycles. The standard InChI is InChI=1S/C13H19NO2/c1-3-5-13(14)10-7-11(15)9-12(8-10)16-6-4-2/h4,8-9,13H,2-3,5-7,14H2,1H3/t13-/m1/s1. The van der Waals surface area contributed by atoms with Gasteiger partial charge in [-0.25, -0.2) is 0 Å². The van der Waals surface area contributed by atoms with Gasteiger partial charge in [-0.15, -0.1) is 0 Å². The van der Waals surface area contributed by atoms with Crippen molar-refractivity contribution in [2.75, 3.05) is 6.61 Å². The molecule has 1 aliphatic rings. The highest BCUT2D eigenvalue weighted by Crippen LogP contribution is 2.20. The van der Waals surface area contributed by atoms with E-state index in [0.717, 1.165) is 18.4 Å². The maximum absolute atomic E-state index is 11.5. The quantitative estimate of drug-likeness (QED) is 0.699. The molecule has 0 radical (unpaired) electrons. The van der Waals surface area contributed by atoms with Gasteiger partial charge in [0, 0.05) is 18.5 Å². The van der Waals surface area contributed by atoms with Crippen molar-refractivity contribution >= 4 is 5.78 Å². The van der Waals surface area contributed by atoms with Crippen LogP contribution >= 0.6 is 0 Å². The second kappa shape index (κ2) is 6.28. The summed E-state index contributed by atoms with van der Waals surface area (Å²) >= 11 is 0. The average molecular weight is 221 g/mol. The van der Waals surface area contributed by atoms with Gasteiger partial charge in [0.05, 0.1) is 0 Å². The zero-order chi connectivity index (χ0) is 12.0. The van der Waals surface area contributed by atoms with Crippen molar-refractivity contribution in [3.63, 3.8) is 0 Å². The lowest BCUT2D eigenvalue weighted by Crippen LogP contribution is -2.25. The van der Waals surface area contributed by atoms with Gasteiger partial charge in [-0.2, -0.15) is 0 Å². The molecule has 0 unspecified atom stereocenters. The number of allylic oxidation sites excluding steroid dienone is 2. The molecule has 0 spiro atoms. The number of nitrogens with two attached hydrogens (primary N) is 1. The van der Waals surface area contributed by atoms with E-state index in [9.17, 15) is 4.79 Å². The summed E-state index contributed by atoms with van der Waals surface area (Å²) in [7, 11) is 0. The molecule has 1 rings (SSSR count). The second-order valence-corrected chi connectivity index (χ2v) is 3.90. The predicted octanol–water partition coefficient (Wildman–Crippen LogP) is 2.10. The third-order valence-corrected chi connectivity index (χ3v) is 2.45. The number of carbonyl (C=O) groups is 1. The van der Waals surface area contributed by atoms with E-state index in [1.165, 1.54) is 6.08 Å². The lowest BCUT2D eigenvalue weighted by atomic mass is 9.94. The fourth-order valence-electron chi connectivity index (χ4n) is 1.66. The van der Waals surface area contributed by atoms with E-state index >= 15 is 0 Å². The maximum Gasteiger partial charge on any atom is 0.163 e. The molecule has 1 atom stereocenters. The Morgan fingerprint density at radius 1 is 1.62 bits per heavy atom. The Labute approximate surface area is 96.7 Å². The van der Waals surface area contributed by atoms with Crippen molar-refractivity contribution in [2.24, 2.45) is 5.73 Å². The van der Waals surface area contributed by atoms with Crippen LogP contribution in [0.15, 0.2) is 36.1 Å². The minimum atomic E-state index is -0.0371. The van der Waals surface area contributed by atoms with Crippen molar-refractivity contribution in [2.45, 2.75) is 32.2 Å². The van der Waals surface area contributed by atoms with Crippen molar-refractivity contribution in [3.8, 4) is 0 Å². The molecule has 0 aromatic rings. The molecule has 0 saturated carbocycles. The normalized spacial score (nSPS) is 17.5. The average Bonchev–Trinajstić information content (AvgIpc) is 2.26. The Balaban J connectivity index is 2.70. The van der Waals surface area contributed by atoms with E-state index < -0.39 is 0 Å². The van der Waals surface area contributed by atoms with Crippen LogP contribution in [0.2, 0.25) is 0 Å². The molecule has 0 saturated heterocycles. The molecule has 0 bridgehead atoms. The SMILES string of the molecule is C=CCOC1=CC(=O)CC([C@H](N)CCC)=C1. The highest BCUT2D eigenvalue weighted by molar-refractivity contribution is 5.93. The van der Waals surface area contributed by atoms with Crippen molar-refractivity contribution in [1.29, 1.82) is 0 Å². The molecule has 0 heterocycles. The summed E-state index contributed by atoms with van der Waals surface area (Å²) in [6, 6.07) is -0.0371. The Kier molecular flexibility index (Phi) is 4.99. The molecular formula is C13H19NO2. The third kappa shape index (κ3) is 3.66. The van der Waals surface area contributed by atoms with Gasteiger partial charge in [0.25, 0.3) is 0 Å². The number of hydrogen-bond acceptors (Lipinski definition) is 3. The van der Waals surface area contributed by atoms with Gasteiger partial charge in [0.2, 0.25) is 0 Å². The van der Waals surface area contributed by atoms with Crippen LogP contribution < -0.4 is 5.73 Å². The first-order valence-electron chi connectivity index (χ1n) is 5.61. The van der Waals surface area contributed by atoms with Gasteiger partial charge < -0.3 is 10.5 Å². The molecular weight excluding hydrogens is 202 g/mol. The van der Waals surface area contributed by atoms with Gasteiger partial charge in [-0.3, -0.25) is 4.79 Å². The number of carbonyl (C=O) groups excluding carboxylic acids is 1. The first-order chi connectivity index (χ1) is 7.67. The summed E-state index contributed by atoms with van der Waals surface area (Å²) in [6.07, 6.45) is 7.38. The molecule has 2 N–H and O–H groups in total. The number of ether oxygens (including phenoxy) is 1. The Bertz CT molecular complexity index is 329. The molecule has 88 valence electrons. The lowest BCUT2D eigenvalue weighted by Gasteiger charge is -2.18. The molecule has 16 heavy (non-hydrogen) atoms. The van der Waals surface area contributed by atoms with Crippen LogP contribution in [-0.4, -0.2) is 18.4 Å². The van der Waals surface area contributed by atoms with E-state index in [1.54, 1.807) is 6.08 Å². The first-order valence-corrected chi connectivity index (χ1v) is 5.61. The molecule has 3 nitrogen and oxygen atoms in total. The molecule has 0 amide bonds. The van der Waals surface area contributed by atoms with Crippen molar-refractivity contribution < 1.29 is 9.53 Å². The van der Waals surface area contributed by atoms with E-state index in [4.69, 9.17) is 10.5 Å². The summed E-state index contributed by atoms with van der Waals surface area (Å²) in [5.74, 6) is 0.654. The Morgan fingerprint density at radius 2 is 2.38 bits per heavy atom. The van der Waals surface area contributed by atoms with E-state index in [2.05, 4.69) is 13.5 Å². The summed E-state index contributed by atoms with van der Waals surface area (Å²) in [4.78, 5) is 11.5. The maximum atomic E-state index is 11.5. The Hall–Kier alpha value is -1.35. The van der Waals surface area contributed by atoms with Gasteiger partial charge in [-0.1, -0.05) is 26.0 Å². The third-order valence-electron chi connectivity index (χ3n) is 2.45. The number of rotatable bonds is 6. The van der Waals surface area contributed by atoms with Gasteiger partial charge in [0.1, 0.15) is 12.4 Å². The van der Waals surface area contributed by atoms with Gasteiger partial charge in [0.15, 0.2) is 5.78 Å². The summed E-state index contributed by atoms with van der Waals surface area (Å²) < 4.78 is 5.35. The van der Waals surface area contributed by atoms with Crippen LogP contribution in [0.25, 0.3) is 0 Å². The minimum absolute atomic E-state index is 0.0371. The fraction of sp³-hybridized carbons (Fsp3) is 0.462. The summed E-state index contributed by atoms with van der Waals surface area (Å²) in [5.41, 5.74) is 6.95. The zero-order valence-electron chi connectivity index (χ0n) is 9.74. The van der Waals surface area contributed by atoms with E-state index in [0.29, 0.717) is 18.8 Å². The smallest absolute Gasteiger partial charge is 0.163 e. The second-order valence-electron chi connectivity index (χ2n) is 3.90. The topological polar surface area (TPSA) is 52.3 Å². The molecule has 1 aliphatic carbocycles. The predicted molar refractivity (Wildman–Crippen MR) is 64.8 cm³/mol. The van der Waals surface area contributed by atoms with Crippen LogP contribution in [0.4, 0.5) is 0 Å². The largest absolute Gasteiger partial charge is 0.489 e. The molecule has 0 aromatic heterocycles. The monoisotopic (exact) mass is 221 g/mol. The van der Waals surface area contributed by atoms with Crippen LogP contribution in [-0.2, 0) is 9.53 Å². The Morgan fingerprint density at radius 3 is 3.00 bits per heavy atom. The first kappa shape index (κ1) is 12.7. The molecule has 0 aromatic carbocycles.